The van der Waals surface area contributed by atoms with Gasteiger partial charge < -0.3 is 10.5 Å². The second-order valence-corrected chi connectivity index (χ2v) is 5.33. The van der Waals surface area contributed by atoms with Gasteiger partial charge in [-0.25, -0.2) is 5.48 Å². The first-order valence-electron chi connectivity index (χ1n) is 6.84. The van der Waals surface area contributed by atoms with E-state index in [4.69, 9.17) is 15.7 Å². The van der Waals surface area contributed by atoms with Gasteiger partial charge in [-0.05, 0) is 17.9 Å². The van der Waals surface area contributed by atoms with Gasteiger partial charge in [-0.2, -0.15) is 0 Å². The lowest BCUT2D eigenvalue weighted by molar-refractivity contribution is -0.151. The van der Waals surface area contributed by atoms with Gasteiger partial charge in [-0.1, -0.05) is 44.2 Å². The maximum absolute atomic E-state index is 11.8. The molecule has 0 saturated heterocycles. The summed E-state index contributed by atoms with van der Waals surface area (Å²) in [4.78, 5) is 23.4. The van der Waals surface area contributed by atoms with Crippen LogP contribution in [-0.4, -0.2) is 23.1 Å². The van der Waals surface area contributed by atoms with Crippen molar-refractivity contribution in [1.82, 2.24) is 5.48 Å². The monoisotopic (exact) mass is 294 g/mol. The second-order valence-electron chi connectivity index (χ2n) is 5.33. The van der Waals surface area contributed by atoms with Crippen LogP contribution in [-0.2, 0) is 20.9 Å². The van der Waals surface area contributed by atoms with Crippen LogP contribution in [0.15, 0.2) is 30.3 Å². The van der Waals surface area contributed by atoms with Crippen molar-refractivity contribution in [2.75, 3.05) is 0 Å². The van der Waals surface area contributed by atoms with Crippen LogP contribution >= 0.6 is 0 Å². The van der Waals surface area contributed by atoms with Crippen molar-refractivity contribution in [3.63, 3.8) is 0 Å². The predicted molar refractivity (Wildman–Crippen MR) is 77.1 cm³/mol. The van der Waals surface area contributed by atoms with Gasteiger partial charge in [0.25, 0.3) is 5.91 Å². The van der Waals surface area contributed by atoms with E-state index in [1.165, 1.54) is 5.48 Å². The number of hydroxylamine groups is 1. The van der Waals surface area contributed by atoms with Crippen LogP contribution in [0.25, 0.3) is 0 Å². The van der Waals surface area contributed by atoms with E-state index in [0.29, 0.717) is 6.42 Å². The molecule has 0 saturated carbocycles. The molecule has 0 aliphatic rings. The van der Waals surface area contributed by atoms with Crippen molar-refractivity contribution in [3.8, 4) is 0 Å². The van der Waals surface area contributed by atoms with Gasteiger partial charge in [-0.3, -0.25) is 14.8 Å². The summed E-state index contributed by atoms with van der Waals surface area (Å²) in [6.45, 7) is 3.99. The van der Waals surface area contributed by atoms with Crippen LogP contribution in [0.2, 0.25) is 0 Å². The molecule has 116 valence electrons. The Labute approximate surface area is 124 Å². The molecule has 2 unspecified atom stereocenters. The summed E-state index contributed by atoms with van der Waals surface area (Å²) >= 11 is 0. The number of nitrogens with two attached hydrogens (primary N) is 1. The molecule has 0 aliphatic heterocycles. The molecule has 0 spiro atoms. The number of hydrogen-bond acceptors (Lipinski definition) is 4. The molecular weight excluding hydrogens is 272 g/mol. The Morgan fingerprint density at radius 3 is 2.38 bits per heavy atom. The van der Waals surface area contributed by atoms with E-state index in [1.54, 1.807) is 0 Å². The highest BCUT2D eigenvalue weighted by Gasteiger charge is 2.33. The highest BCUT2D eigenvalue weighted by Crippen LogP contribution is 2.19. The third kappa shape index (κ3) is 5.53. The van der Waals surface area contributed by atoms with E-state index in [1.807, 2.05) is 44.2 Å². The topological polar surface area (TPSA) is 102 Å². The molecule has 2 amide bonds. The molecule has 0 aromatic heterocycles. The standard InChI is InChI=1S/C15H22N2O4/c1-10(2)8-12(14(16)18)13(15(19)17-20)21-9-11-6-4-3-5-7-11/h3-7,10,12-13,20H,8-9H2,1-2H3,(H2,16,18)(H,17,19). The molecule has 0 heterocycles. The van der Waals surface area contributed by atoms with Crippen LogP contribution in [0.4, 0.5) is 0 Å². The maximum atomic E-state index is 11.8. The summed E-state index contributed by atoms with van der Waals surface area (Å²) in [6, 6.07) is 9.25. The average Bonchev–Trinajstić information content (AvgIpc) is 2.46. The minimum Gasteiger partial charge on any atom is -0.369 e. The van der Waals surface area contributed by atoms with Crippen molar-refractivity contribution in [2.45, 2.75) is 33.0 Å². The van der Waals surface area contributed by atoms with Crippen LogP contribution in [0.5, 0.6) is 0 Å². The first-order chi connectivity index (χ1) is 9.95. The molecule has 2 atom stereocenters. The van der Waals surface area contributed by atoms with Crippen LogP contribution in [0.1, 0.15) is 25.8 Å². The van der Waals surface area contributed by atoms with Gasteiger partial charge in [0.2, 0.25) is 5.91 Å². The van der Waals surface area contributed by atoms with Gasteiger partial charge in [-0.15, -0.1) is 0 Å². The fraction of sp³-hybridized carbons (Fsp3) is 0.467. The number of primary amides is 1. The van der Waals surface area contributed by atoms with Crippen LogP contribution in [0.3, 0.4) is 0 Å². The Bertz CT molecular complexity index is 462. The molecule has 6 nitrogen and oxygen atoms in total. The summed E-state index contributed by atoms with van der Waals surface area (Å²) in [6.07, 6.45) is -0.711. The van der Waals surface area contributed by atoms with Crippen LogP contribution in [0, 0.1) is 11.8 Å². The fourth-order valence-corrected chi connectivity index (χ4v) is 2.10. The summed E-state index contributed by atoms with van der Waals surface area (Å²) in [5.41, 5.74) is 7.77. The van der Waals surface area contributed by atoms with Crippen molar-refractivity contribution in [1.29, 1.82) is 0 Å². The van der Waals surface area contributed by atoms with E-state index in [9.17, 15) is 9.59 Å². The first-order valence-corrected chi connectivity index (χ1v) is 6.84. The van der Waals surface area contributed by atoms with Gasteiger partial charge in [0.15, 0.2) is 0 Å². The second kappa shape index (κ2) is 8.39. The van der Waals surface area contributed by atoms with Gasteiger partial charge >= 0.3 is 0 Å². The minimum absolute atomic E-state index is 0.154. The zero-order chi connectivity index (χ0) is 15.8. The molecule has 6 heteroatoms. The number of amides is 2. The number of ether oxygens (including phenoxy) is 1. The molecule has 1 aromatic carbocycles. The zero-order valence-corrected chi connectivity index (χ0v) is 12.3. The molecule has 0 aliphatic carbocycles. The van der Waals surface area contributed by atoms with E-state index in [2.05, 4.69) is 0 Å². The smallest absolute Gasteiger partial charge is 0.273 e. The lowest BCUT2D eigenvalue weighted by Gasteiger charge is -2.24. The van der Waals surface area contributed by atoms with Gasteiger partial charge in [0, 0.05) is 0 Å². The Balaban J connectivity index is 2.83. The first kappa shape index (κ1) is 17.1. The molecular formula is C15H22N2O4. The quantitative estimate of drug-likeness (QED) is 0.495. The molecule has 1 aromatic rings. The fourth-order valence-electron chi connectivity index (χ4n) is 2.10. The zero-order valence-electron chi connectivity index (χ0n) is 12.3. The predicted octanol–water partition coefficient (Wildman–Crippen LogP) is 1.22. The van der Waals surface area contributed by atoms with Crippen molar-refractivity contribution in [3.05, 3.63) is 35.9 Å². The Morgan fingerprint density at radius 2 is 1.90 bits per heavy atom. The minimum atomic E-state index is -1.12. The summed E-state index contributed by atoms with van der Waals surface area (Å²) in [7, 11) is 0. The van der Waals surface area contributed by atoms with Crippen molar-refractivity contribution >= 4 is 11.8 Å². The molecule has 4 N–H and O–H groups in total. The highest BCUT2D eigenvalue weighted by atomic mass is 16.5. The highest BCUT2D eigenvalue weighted by molar-refractivity contribution is 5.88. The summed E-state index contributed by atoms with van der Waals surface area (Å²) in [5.74, 6) is -2.02. The van der Waals surface area contributed by atoms with E-state index in [0.717, 1.165) is 5.56 Å². The largest absolute Gasteiger partial charge is 0.369 e. The van der Waals surface area contributed by atoms with E-state index < -0.39 is 23.8 Å². The molecule has 0 bridgehead atoms. The number of rotatable bonds is 8. The van der Waals surface area contributed by atoms with Crippen LogP contribution < -0.4 is 11.2 Å². The molecule has 21 heavy (non-hydrogen) atoms. The maximum Gasteiger partial charge on any atom is 0.273 e. The average molecular weight is 294 g/mol. The van der Waals surface area contributed by atoms with E-state index >= 15 is 0 Å². The lowest BCUT2D eigenvalue weighted by Crippen LogP contribution is -2.45. The van der Waals surface area contributed by atoms with Crippen molar-refractivity contribution < 1.29 is 19.5 Å². The third-order valence-corrected chi connectivity index (χ3v) is 3.10. The number of hydrogen-bond donors (Lipinski definition) is 3. The summed E-state index contributed by atoms with van der Waals surface area (Å²) < 4.78 is 5.53. The number of benzene rings is 1. The van der Waals surface area contributed by atoms with E-state index in [-0.39, 0.29) is 12.5 Å². The lowest BCUT2D eigenvalue weighted by atomic mass is 9.91. The molecule has 0 radical (unpaired) electrons. The number of carbonyl (C=O) groups excluding carboxylic acids is 2. The summed E-state index contributed by atoms with van der Waals surface area (Å²) in [5, 5.41) is 8.84. The Morgan fingerprint density at radius 1 is 1.29 bits per heavy atom. The molecule has 0 fully saturated rings. The van der Waals surface area contributed by atoms with Gasteiger partial charge in [0.1, 0.15) is 6.10 Å². The SMILES string of the molecule is CC(C)CC(C(N)=O)C(OCc1ccccc1)C(=O)NO. The van der Waals surface area contributed by atoms with Crippen molar-refractivity contribution in [2.24, 2.45) is 17.6 Å². The Hall–Kier alpha value is -1.92. The number of nitrogens with one attached hydrogen (secondary N) is 1. The Kier molecular flexibility index (Phi) is 6.84. The number of carbonyl (C=O) groups is 2. The normalized spacial score (nSPS) is 13.7. The third-order valence-electron chi connectivity index (χ3n) is 3.10. The molecule has 1 rings (SSSR count). The van der Waals surface area contributed by atoms with Gasteiger partial charge in [0.05, 0.1) is 12.5 Å².